The van der Waals surface area contributed by atoms with Crippen molar-refractivity contribution >= 4 is 17.7 Å². The molecule has 3 amide bonds. The molecule has 0 aromatic rings. The molecule has 21 heavy (non-hydrogen) atoms. The molecule has 2 aliphatic rings. The highest BCUT2D eigenvalue weighted by Crippen LogP contribution is 2.22. The van der Waals surface area contributed by atoms with Crippen molar-refractivity contribution < 1.29 is 14.4 Å². The van der Waals surface area contributed by atoms with Crippen molar-refractivity contribution in [3.63, 3.8) is 0 Å². The van der Waals surface area contributed by atoms with Crippen molar-refractivity contribution in [2.24, 2.45) is 0 Å². The summed E-state index contributed by atoms with van der Waals surface area (Å²) in [5, 5.41) is 3.20. The molecule has 2 fully saturated rings. The second-order valence-electron chi connectivity index (χ2n) is 6.14. The first-order valence-electron chi connectivity index (χ1n) is 7.43. The van der Waals surface area contributed by atoms with Gasteiger partial charge in [-0.3, -0.25) is 14.4 Å². The van der Waals surface area contributed by atoms with Gasteiger partial charge in [-0.15, -0.1) is 0 Å². The SMILES string of the molecule is CN1CCN(C(=O)C(=O)N2CCCNCC2)C(C)(C)C1=O. The summed E-state index contributed by atoms with van der Waals surface area (Å²) in [5.41, 5.74) is -0.968. The Kier molecular flexibility index (Phi) is 4.51. The van der Waals surface area contributed by atoms with Crippen LogP contribution in [0.25, 0.3) is 0 Å². The molecule has 0 aromatic heterocycles. The van der Waals surface area contributed by atoms with Gasteiger partial charge in [0.15, 0.2) is 0 Å². The van der Waals surface area contributed by atoms with Gasteiger partial charge < -0.3 is 20.0 Å². The summed E-state index contributed by atoms with van der Waals surface area (Å²) in [4.78, 5) is 41.7. The molecule has 2 rings (SSSR count). The minimum atomic E-state index is -0.968. The van der Waals surface area contributed by atoms with Crippen LogP contribution in [0.1, 0.15) is 20.3 Å². The fourth-order valence-corrected chi connectivity index (χ4v) is 2.87. The molecule has 118 valence electrons. The van der Waals surface area contributed by atoms with Gasteiger partial charge in [0.2, 0.25) is 5.91 Å². The lowest BCUT2D eigenvalue weighted by molar-refractivity contribution is -0.164. The average Bonchev–Trinajstić information content (AvgIpc) is 2.72. The summed E-state index contributed by atoms with van der Waals surface area (Å²) in [7, 11) is 1.72. The number of nitrogens with zero attached hydrogens (tertiary/aromatic N) is 3. The first kappa shape index (κ1) is 15.8. The van der Waals surface area contributed by atoms with Crippen LogP contribution in [0, 0.1) is 0 Å². The van der Waals surface area contributed by atoms with Crippen LogP contribution in [0.3, 0.4) is 0 Å². The Balaban J connectivity index is 2.11. The molecule has 2 heterocycles. The number of nitrogens with one attached hydrogen (secondary N) is 1. The number of hydrogen-bond acceptors (Lipinski definition) is 4. The van der Waals surface area contributed by atoms with Crippen molar-refractivity contribution in [1.29, 1.82) is 0 Å². The maximum atomic E-state index is 12.5. The molecule has 2 saturated heterocycles. The van der Waals surface area contributed by atoms with Gasteiger partial charge in [-0.25, -0.2) is 0 Å². The van der Waals surface area contributed by atoms with Crippen LogP contribution in [-0.4, -0.2) is 84.3 Å². The van der Waals surface area contributed by atoms with Gasteiger partial charge in [-0.1, -0.05) is 0 Å². The van der Waals surface area contributed by atoms with E-state index in [1.165, 1.54) is 4.90 Å². The predicted molar refractivity (Wildman–Crippen MR) is 77.5 cm³/mol. The summed E-state index contributed by atoms with van der Waals surface area (Å²) in [5.74, 6) is -1.19. The first-order chi connectivity index (χ1) is 9.85. The monoisotopic (exact) mass is 296 g/mol. The van der Waals surface area contributed by atoms with Crippen molar-refractivity contribution in [1.82, 2.24) is 20.0 Å². The topological polar surface area (TPSA) is 73.0 Å². The number of rotatable bonds is 0. The minimum Gasteiger partial charge on any atom is -0.342 e. The molecule has 7 heteroatoms. The molecule has 2 aliphatic heterocycles. The fourth-order valence-electron chi connectivity index (χ4n) is 2.87. The van der Waals surface area contributed by atoms with E-state index >= 15 is 0 Å². The van der Waals surface area contributed by atoms with Crippen LogP contribution in [0.4, 0.5) is 0 Å². The lowest BCUT2D eigenvalue weighted by atomic mass is 9.97. The van der Waals surface area contributed by atoms with E-state index in [4.69, 9.17) is 0 Å². The predicted octanol–water partition coefficient (Wildman–Crippen LogP) is -1.11. The molecular weight excluding hydrogens is 272 g/mol. The Morgan fingerprint density at radius 2 is 1.76 bits per heavy atom. The lowest BCUT2D eigenvalue weighted by Crippen LogP contribution is -2.65. The average molecular weight is 296 g/mol. The Labute approximate surface area is 125 Å². The first-order valence-corrected chi connectivity index (χ1v) is 7.43. The summed E-state index contributed by atoms with van der Waals surface area (Å²) in [6, 6.07) is 0. The molecule has 0 aromatic carbocycles. The third-order valence-electron chi connectivity index (χ3n) is 4.26. The highest BCUT2D eigenvalue weighted by Gasteiger charge is 2.45. The van der Waals surface area contributed by atoms with Gasteiger partial charge in [0.05, 0.1) is 0 Å². The van der Waals surface area contributed by atoms with E-state index in [-0.39, 0.29) is 5.91 Å². The molecule has 0 saturated carbocycles. The van der Waals surface area contributed by atoms with Crippen LogP contribution in [-0.2, 0) is 14.4 Å². The fraction of sp³-hybridized carbons (Fsp3) is 0.786. The number of piperazine rings is 1. The standard InChI is InChI=1S/C14H24N4O3/c1-14(2)13(21)16(3)9-10-18(14)12(20)11(19)17-7-4-5-15-6-8-17/h15H,4-10H2,1-3H3. The highest BCUT2D eigenvalue weighted by atomic mass is 16.2. The third kappa shape index (κ3) is 3.02. The van der Waals surface area contributed by atoms with Gasteiger partial charge in [-0.05, 0) is 26.8 Å². The van der Waals surface area contributed by atoms with Crippen LogP contribution < -0.4 is 5.32 Å². The van der Waals surface area contributed by atoms with Gasteiger partial charge in [-0.2, -0.15) is 0 Å². The number of carbonyl (C=O) groups excluding carboxylic acids is 3. The van der Waals surface area contributed by atoms with Crippen molar-refractivity contribution in [3.8, 4) is 0 Å². The van der Waals surface area contributed by atoms with Gasteiger partial charge in [0.25, 0.3) is 0 Å². The third-order valence-corrected chi connectivity index (χ3v) is 4.26. The van der Waals surface area contributed by atoms with E-state index in [2.05, 4.69) is 5.32 Å². The van der Waals surface area contributed by atoms with Gasteiger partial charge in [0, 0.05) is 39.8 Å². The Morgan fingerprint density at radius 1 is 1.05 bits per heavy atom. The summed E-state index contributed by atoms with van der Waals surface area (Å²) < 4.78 is 0. The van der Waals surface area contributed by atoms with E-state index < -0.39 is 17.4 Å². The molecular formula is C14H24N4O3. The number of carbonyl (C=O) groups is 3. The van der Waals surface area contributed by atoms with Gasteiger partial charge >= 0.3 is 11.8 Å². The molecule has 0 atom stereocenters. The normalized spacial score (nSPS) is 23.0. The molecule has 7 nitrogen and oxygen atoms in total. The number of hydrogen-bond donors (Lipinski definition) is 1. The molecule has 0 radical (unpaired) electrons. The van der Waals surface area contributed by atoms with Gasteiger partial charge in [0.1, 0.15) is 5.54 Å². The lowest BCUT2D eigenvalue weighted by Gasteiger charge is -2.44. The maximum absolute atomic E-state index is 12.5. The zero-order valence-corrected chi connectivity index (χ0v) is 13.0. The van der Waals surface area contributed by atoms with E-state index in [0.717, 1.165) is 13.0 Å². The Morgan fingerprint density at radius 3 is 2.48 bits per heavy atom. The van der Waals surface area contributed by atoms with Crippen molar-refractivity contribution in [2.45, 2.75) is 25.8 Å². The molecule has 1 N–H and O–H groups in total. The molecule has 0 spiro atoms. The summed E-state index contributed by atoms with van der Waals surface area (Å²) in [6.45, 7) is 6.92. The van der Waals surface area contributed by atoms with E-state index in [1.807, 2.05) is 0 Å². The number of amides is 3. The Hall–Kier alpha value is -1.63. The van der Waals surface area contributed by atoms with Crippen LogP contribution in [0.2, 0.25) is 0 Å². The van der Waals surface area contributed by atoms with Crippen molar-refractivity contribution in [3.05, 3.63) is 0 Å². The second-order valence-corrected chi connectivity index (χ2v) is 6.14. The van der Waals surface area contributed by atoms with Crippen molar-refractivity contribution in [2.75, 3.05) is 46.3 Å². The molecule has 0 unspecified atom stereocenters. The second kappa shape index (κ2) is 6.01. The largest absolute Gasteiger partial charge is 0.342 e. The minimum absolute atomic E-state index is 0.132. The summed E-state index contributed by atoms with van der Waals surface area (Å²) >= 11 is 0. The molecule has 0 aliphatic carbocycles. The zero-order chi connectivity index (χ0) is 15.6. The quantitative estimate of drug-likeness (QED) is 0.575. The zero-order valence-electron chi connectivity index (χ0n) is 13.0. The highest BCUT2D eigenvalue weighted by molar-refractivity contribution is 6.35. The number of likely N-dealkylation sites (N-methyl/N-ethyl adjacent to an activating group) is 1. The van der Waals surface area contributed by atoms with Crippen LogP contribution >= 0.6 is 0 Å². The van der Waals surface area contributed by atoms with Crippen LogP contribution in [0.15, 0.2) is 0 Å². The van der Waals surface area contributed by atoms with E-state index in [0.29, 0.717) is 32.7 Å². The van der Waals surface area contributed by atoms with E-state index in [9.17, 15) is 14.4 Å². The summed E-state index contributed by atoms with van der Waals surface area (Å²) in [6.07, 6.45) is 0.837. The smallest absolute Gasteiger partial charge is 0.313 e. The van der Waals surface area contributed by atoms with E-state index in [1.54, 1.807) is 30.7 Å². The van der Waals surface area contributed by atoms with Crippen LogP contribution in [0.5, 0.6) is 0 Å². The maximum Gasteiger partial charge on any atom is 0.313 e. The Bertz CT molecular complexity index is 442. The molecule has 0 bridgehead atoms.